The van der Waals surface area contributed by atoms with Crippen molar-refractivity contribution in [2.45, 2.75) is 26.8 Å². The Morgan fingerprint density at radius 1 is 1.44 bits per heavy atom. The van der Waals surface area contributed by atoms with Gasteiger partial charge in [0.2, 0.25) is 11.6 Å². The summed E-state index contributed by atoms with van der Waals surface area (Å²) in [5.74, 6) is 0.368. The van der Waals surface area contributed by atoms with Crippen molar-refractivity contribution in [3.05, 3.63) is 16.4 Å². The van der Waals surface area contributed by atoms with Crippen LogP contribution in [0.3, 0.4) is 0 Å². The summed E-state index contributed by atoms with van der Waals surface area (Å²) < 4.78 is 0. The van der Waals surface area contributed by atoms with Crippen molar-refractivity contribution in [3.63, 3.8) is 0 Å². The second kappa shape index (κ2) is 4.73. The Hall–Kier alpha value is -1.92. The van der Waals surface area contributed by atoms with Crippen LogP contribution < -0.4 is 11.1 Å². The van der Waals surface area contributed by atoms with Gasteiger partial charge in [-0.3, -0.25) is 10.1 Å². The maximum absolute atomic E-state index is 10.8. The third-order valence-electron chi connectivity index (χ3n) is 2.40. The molecule has 0 amide bonds. The number of rotatable bonds is 4. The van der Waals surface area contributed by atoms with Crippen molar-refractivity contribution < 1.29 is 4.92 Å². The van der Waals surface area contributed by atoms with Crippen LogP contribution in [0.2, 0.25) is 0 Å². The van der Waals surface area contributed by atoms with E-state index in [1.54, 1.807) is 0 Å². The van der Waals surface area contributed by atoms with Gasteiger partial charge in [-0.1, -0.05) is 13.8 Å². The minimum atomic E-state index is -0.579. The fraction of sp³-hybridized carbons (Fsp3) is 0.556. The van der Waals surface area contributed by atoms with E-state index in [0.717, 1.165) is 0 Å². The number of hydrogen-bond acceptors (Lipinski definition) is 6. The Bertz CT molecular complexity index is 393. The molecule has 0 bridgehead atoms. The first-order valence-corrected chi connectivity index (χ1v) is 4.95. The van der Waals surface area contributed by atoms with Crippen molar-refractivity contribution >= 4 is 17.3 Å². The molecule has 88 valence electrons. The highest BCUT2D eigenvalue weighted by Crippen LogP contribution is 2.27. The van der Waals surface area contributed by atoms with Crippen LogP contribution >= 0.6 is 0 Å². The summed E-state index contributed by atoms with van der Waals surface area (Å²) in [6.07, 6.45) is 1.21. The SMILES string of the molecule is CC(C)C(C)Nc1ncnc(N)c1[N+](=O)[O-]. The minimum Gasteiger partial charge on any atom is -0.378 e. The van der Waals surface area contributed by atoms with E-state index in [1.807, 2.05) is 20.8 Å². The quantitative estimate of drug-likeness (QED) is 0.592. The van der Waals surface area contributed by atoms with Crippen LogP contribution in [0, 0.1) is 16.0 Å². The molecule has 0 spiro atoms. The number of anilines is 2. The number of nitrogens with two attached hydrogens (primary N) is 1. The Labute approximate surface area is 93.2 Å². The normalized spacial score (nSPS) is 12.5. The molecule has 0 fully saturated rings. The van der Waals surface area contributed by atoms with Crippen molar-refractivity contribution in [2.75, 3.05) is 11.1 Å². The number of nitrogen functional groups attached to an aromatic ring is 1. The van der Waals surface area contributed by atoms with E-state index in [-0.39, 0.29) is 23.4 Å². The molecule has 1 atom stereocenters. The van der Waals surface area contributed by atoms with Crippen LogP contribution in [0.4, 0.5) is 17.3 Å². The Balaban J connectivity index is 3.04. The van der Waals surface area contributed by atoms with Crippen LogP contribution in [0.25, 0.3) is 0 Å². The third-order valence-corrected chi connectivity index (χ3v) is 2.40. The monoisotopic (exact) mass is 225 g/mol. The molecule has 0 aliphatic carbocycles. The van der Waals surface area contributed by atoms with Crippen molar-refractivity contribution in [2.24, 2.45) is 5.92 Å². The molecular formula is C9H15N5O2. The topological polar surface area (TPSA) is 107 Å². The fourth-order valence-corrected chi connectivity index (χ4v) is 1.06. The molecule has 0 aromatic carbocycles. The molecule has 1 heterocycles. The second-order valence-corrected chi connectivity index (χ2v) is 3.89. The van der Waals surface area contributed by atoms with E-state index in [4.69, 9.17) is 5.73 Å². The lowest BCUT2D eigenvalue weighted by atomic mass is 10.1. The number of aromatic nitrogens is 2. The van der Waals surface area contributed by atoms with Gasteiger partial charge in [-0.15, -0.1) is 0 Å². The van der Waals surface area contributed by atoms with Gasteiger partial charge in [-0.25, -0.2) is 9.97 Å². The fourth-order valence-electron chi connectivity index (χ4n) is 1.06. The summed E-state index contributed by atoms with van der Waals surface area (Å²) >= 11 is 0. The van der Waals surface area contributed by atoms with E-state index < -0.39 is 4.92 Å². The summed E-state index contributed by atoms with van der Waals surface area (Å²) in [7, 11) is 0. The standard InChI is InChI=1S/C9H15N5O2/c1-5(2)6(3)13-9-7(14(15)16)8(10)11-4-12-9/h4-6H,1-3H3,(H3,10,11,12,13). The molecule has 1 aromatic rings. The van der Waals surface area contributed by atoms with E-state index in [9.17, 15) is 10.1 Å². The lowest BCUT2D eigenvalue weighted by Gasteiger charge is -2.17. The molecule has 0 saturated carbocycles. The average molecular weight is 225 g/mol. The first-order chi connectivity index (χ1) is 7.43. The number of nitrogens with one attached hydrogen (secondary N) is 1. The lowest BCUT2D eigenvalue weighted by Crippen LogP contribution is -2.23. The van der Waals surface area contributed by atoms with E-state index in [1.165, 1.54) is 6.33 Å². The predicted octanol–water partition coefficient (Wildman–Crippen LogP) is 1.42. The molecule has 0 aliphatic rings. The zero-order valence-corrected chi connectivity index (χ0v) is 9.47. The molecule has 1 aromatic heterocycles. The summed E-state index contributed by atoms with van der Waals surface area (Å²) in [5, 5.41) is 13.8. The zero-order valence-electron chi connectivity index (χ0n) is 9.47. The Morgan fingerprint density at radius 2 is 2.06 bits per heavy atom. The summed E-state index contributed by atoms with van der Waals surface area (Å²) in [6.45, 7) is 5.94. The van der Waals surface area contributed by atoms with E-state index >= 15 is 0 Å². The highest BCUT2D eigenvalue weighted by Gasteiger charge is 2.22. The number of nitrogens with zero attached hydrogens (tertiary/aromatic N) is 3. The number of nitro groups is 1. The molecule has 7 heteroatoms. The van der Waals surface area contributed by atoms with Gasteiger partial charge in [0, 0.05) is 6.04 Å². The smallest absolute Gasteiger partial charge is 0.352 e. The van der Waals surface area contributed by atoms with Crippen molar-refractivity contribution in [1.29, 1.82) is 0 Å². The predicted molar refractivity (Wildman–Crippen MR) is 61.0 cm³/mol. The first kappa shape index (κ1) is 12.2. The van der Waals surface area contributed by atoms with Crippen LogP contribution in [0.5, 0.6) is 0 Å². The van der Waals surface area contributed by atoms with E-state index in [2.05, 4.69) is 15.3 Å². The van der Waals surface area contributed by atoms with Crippen LogP contribution in [0.1, 0.15) is 20.8 Å². The molecule has 16 heavy (non-hydrogen) atoms. The number of hydrogen-bond donors (Lipinski definition) is 2. The summed E-state index contributed by atoms with van der Waals surface area (Å²) in [5.41, 5.74) is 5.17. The maximum Gasteiger partial charge on any atom is 0.352 e. The molecule has 1 rings (SSSR count). The zero-order chi connectivity index (χ0) is 12.3. The van der Waals surface area contributed by atoms with Crippen LogP contribution in [0.15, 0.2) is 6.33 Å². The van der Waals surface area contributed by atoms with Crippen LogP contribution in [-0.2, 0) is 0 Å². The molecule has 7 nitrogen and oxygen atoms in total. The Morgan fingerprint density at radius 3 is 2.56 bits per heavy atom. The van der Waals surface area contributed by atoms with Gasteiger partial charge >= 0.3 is 5.69 Å². The summed E-state index contributed by atoms with van der Waals surface area (Å²) in [4.78, 5) is 17.7. The van der Waals surface area contributed by atoms with Gasteiger partial charge in [0.1, 0.15) is 6.33 Å². The van der Waals surface area contributed by atoms with Crippen molar-refractivity contribution in [3.8, 4) is 0 Å². The largest absolute Gasteiger partial charge is 0.378 e. The summed E-state index contributed by atoms with van der Waals surface area (Å²) in [6, 6.07) is 0.0630. The molecule has 0 radical (unpaired) electrons. The van der Waals surface area contributed by atoms with Crippen molar-refractivity contribution in [1.82, 2.24) is 9.97 Å². The van der Waals surface area contributed by atoms with Gasteiger partial charge < -0.3 is 11.1 Å². The first-order valence-electron chi connectivity index (χ1n) is 4.95. The molecule has 0 saturated heterocycles. The minimum absolute atomic E-state index is 0.0630. The Kier molecular flexibility index (Phi) is 3.60. The van der Waals surface area contributed by atoms with E-state index in [0.29, 0.717) is 5.92 Å². The molecular weight excluding hydrogens is 210 g/mol. The van der Waals surface area contributed by atoms with Gasteiger partial charge in [0.25, 0.3) is 0 Å². The lowest BCUT2D eigenvalue weighted by molar-refractivity contribution is -0.383. The van der Waals surface area contributed by atoms with Gasteiger partial charge in [-0.05, 0) is 12.8 Å². The van der Waals surface area contributed by atoms with Gasteiger partial charge in [-0.2, -0.15) is 0 Å². The highest BCUT2D eigenvalue weighted by molar-refractivity contribution is 5.67. The third kappa shape index (κ3) is 2.56. The molecule has 3 N–H and O–H groups in total. The van der Waals surface area contributed by atoms with Gasteiger partial charge in [0.15, 0.2) is 0 Å². The van der Waals surface area contributed by atoms with Crippen LogP contribution in [-0.4, -0.2) is 20.9 Å². The van der Waals surface area contributed by atoms with Gasteiger partial charge in [0.05, 0.1) is 4.92 Å². The average Bonchev–Trinajstić information content (AvgIpc) is 2.16. The molecule has 0 aliphatic heterocycles. The highest BCUT2D eigenvalue weighted by atomic mass is 16.6. The maximum atomic E-state index is 10.8. The molecule has 1 unspecified atom stereocenters. The second-order valence-electron chi connectivity index (χ2n) is 3.89.